The number of benzene rings is 7. The minimum absolute atomic E-state index is 0. The largest absolute Gasteiger partial charge is 0.501 e. The normalized spacial score (nSPS) is 13.1. The van der Waals surface area contributed by atoms with Crippen molar-refractivity contribution in [3.05, 3.63) is 194 Å². The van der Waals surface area contributed by atoms with Crippen LogP contribution in [0.4, 0.5) is 0 Å². The summed E-state index contributed by atoms with van der Waals surface area (Å²) >= 11 is 0. The van der Waals surface area contributed by atoms with E-state index in [2.05, 4.69) is 170 Å². The predicted octanol–water partition coefficient (Wildman–Crippen LogP) is 14.9. The smallest absolute Gasteiger partial charge is 0.120 e. The molecule has 0 amide bonds. The van der Waals surface area contributed by atoms with Crippen LogP contribution in [0, 0.1) is 18.1 Å². The topological polar surface area (TPSA) is 43.9 Å². The molecule has 1 aliphatic carbocycles. The quantitative estimate of drug-likeness (QED) is 0.113. The minimum Gasteiger partial charge on any atom is -0.501 e. The van der Waals surface area contributed by atoms with Gasteiger partial charge in [-0.05, 0) is 70.2 Å². The molecule has 11 rings (SSSR count). The molecule has 3 heterocycles. The van der Waals surface area contributed by atoms with Gasteiger partial charge in [0, 0.05) is 42.9 Å². The first kappa shape index (κ1) is 43.1. The number of aromatic nitrogens is 3. The van der Waals surface area contributed by atoms with Gasteiger partial charge in [-0.2, -0.15) is 0 Å². The zero-order valence-corrected chi connectivity index (χ0v) is 40.0. The Balaban J connectivity index is 0.000000185. The summed E-state index contributed by atoms with van der Waals surface area (Å²) in [4.78, 5) is 9.94. The Hall–Kier alpha value is -6.17. The maximum absolute atomic E-state index is 6.43. The van der Waals surface area contributed by atoms with Crippen molar-refractivity contribution in [3.8, 4) is 50.6 Å². The molecule has 0 atom stereocenters. The van der Waals surface area contributed by atoms with Crippen LogP contribution in [0.3, 0.4) is 0 Å². The Labute approximate surface area is 391 Å². The van der Waals surface area contributed by atoms with Crippen LogP contribution in [0.15, 0.2) is 180 Å². The summed E-state index contributed by atoms with van der Waals surface area (Å²) in [6.07, 6.45) is 10.5. The molecular weight excluding hydrogens is 975 g/mol. The summed E-state index contributed by atoms with van der Waals surface area (Å²) in [5.41, 5.74) is 13.9. The predicted molar refractivity (Wildman–Crippen MR) is 265 cm³/mol. The Morgan fingerprint density at radius 2 is 1.38 bits per heavy atom. The maximum Gasteiger partial charge on any atom is 0.120 e. The summed E-state index contributed by atoms with van der Waals surface area (Å²) in [7, 11) is -1.36. The molecule has 319 valence electrons. The van der Waals surface area contributed by atoms with E-state index < -0.39 is 8.07 Å². The fraction of sp³-hybridized carbons (Fsp3) is 0.172. The molecule has 7 aromatic carbocycles. The molecule has 0 aliphatic heterocycles. The molecule has 0 spiro atoms. The van der Waals surface area contributed by atoms with Crippen LogP contribution in [-0.4, -0.2) is 22.6 Å². The maximum atomic E-state index is 6.43. The van der Waals surface area contributed by atoms with Crippen molar-refractivity contribution in [2.24, 2.45) is 5.92 Å². The van der Waals surface area contributed by atoms with Crippen LogP contribution in [0.2, 0.25) is 19.6 Å². The molecule has 10 aromatic rings. The van der Waals surface area contributed by atoms with Crippen LogP contribution in [0.1, 0.15) is 37.7 Å². The van der Waals surface area contributed by atoms with Gasteiger partial charge in [-0.15, -0.1) is 54.1 Å². The number of imidazole rings is 1. The van der Waals surface area contributed by atoms with Gasteiger partial charge in [0.2, 0.25) is 0 Å². The van der Waals surface area contributed by atoms with Gasteiger partial charge in [-0.3, -0.25) is 4.98 Å². The first-order valence-electron chi connectivity index (χ1n) is 22.4. The number of rotatable bonds is 8. The molecule has 1 saturated carbocycles. The van der Waals surface area contributed by atoms with E-state index >= 15 is 0 Å². The molecule has 0 unspecified atom stereocenters. The Bertz CT molecular complexity index is 3160. The van der Waals surface area contributed by atoms with Gasteiger partial charge in [-0.1, -0.05) is 171 Å². The molecule has 0 N–H and O–H groups in total. The molecule has 0 bridgehead atoms. The summed E-state index contributed by atoms with van der Waals surface area (Å²) in [6, 6.07) is 65.6. The number of hydrogen-bond acceptors (Lipinski definition) is 3. The van der Waals surface area contributed by atoms with Crippen LogP contribution in [-0.2, 0) is 26.5 Å². The number of nitrogens with zero attached hydrogens (tertiary/aromatic N) is 3. The van der Waals surface area contributed by atoms with Gasteiger partial charge in [0.1, 0.15) is 5.58 Å². The minimum atomic E-state index is -1.36. The zero-order valence-electron chi connectivity index (χ0n) is 36.6. The van der Waals surface area contributed by atoms with Crippen molar-refractivity contribution < 1.29 is 24.5 Å². The summed E-state index contributed by atoms with van der Waals surface area (Å²) in [5.74, 6) is 1.67. The van der Waals surface area contributed by atoms with E-state index in [0.717, 1.165) is 78.3 Å². The molecule has 1 radical (unpaired) electrons. The Morgan fingerprint density at radius 1 is 0.656 bits per heavy atom. The number of para-hydroxylation sites is 3. The van der Waals surface area contributed by atoms with Gasteiger partial charge in [0.15, 0.2) is 0 Å². The third-order valence-electron chi connectivity index (χ3n) is 12.6. The van der Waals surface area contributed by atoms with Crippen molar-refractivity contribution in [1.29, 1.82) is 0 Å². The number of pyridine rings is 1. The summed E-state index contributed by atoms with van der Waals surface area (Å²) in [5, 5.41) is 3.70. The number of fused-ring (bicyclic) bond motifs is 4. The molecule has 1 fully saturated rings. The van der Waals surface area contributed by atoms with Crippen molar-refractivity contribution >= 4 is 46.2 Å². The fourth-order valence-electron chi connectivity index (χ4n) is 9.43. The van der Waals surface area contributed by atoms with Crippen molar-refractivity contribution in [2.75, 3.05) is 0 Å². The van der Waals surface area contributed by atoms with Crippen molar-refractivity contribution in [2.45, 2.75) is 58.2 Å². The fourth-order valence-corrected chi connectivity index (χ4v) is 11.0. The van der Waals surface area contributed by atoms with E-state index in [9.17, 15) is 0 Å². The zero-order chi connectivity index (χ0) is 42.8. The summed E-state index contributed by atoms with van der Waals surface area (Å²) < 4.78 is 8.69. The van der Waals surface area contributed by atoms with E-state index in [-0.39, 0.29) is 20.1 Å². The Kier molecular flexibility index (Phi) is 12.7. The van der Waals surface area contributed by atoms with E-state index in [1.807, 2.05) is 42.5 Å². The molecule has 4 nitrogen and oxygen atoms in total. The van der Waals surface area contributed by atoms with E-state index in [1.54, 1.807) is 10.8 Å². The second-order valence-corrected chi connectivity index (χ2v) is 22.9. The monoisotopic (exact) mass is 1030 g/mol. The number of furan rings is 1. The Morgan fingerprint density at radius 3 is 2.14 bits per heavy atom. The van der Waals surface area contributed by atoms with Gasteiger partial charge in [0.25, 0.3) is 0 Å². The van der Waals surface area contributed by atoms with E-state index in [1.165, 1.54) is 49.7 Å². The average Bonchev–Trinajstić information content (AvgIpc) is 3.91. The van der Waals surface area contributed by atoms with Crippen LogP contribution in [0.5, 0.6) is 0 Å². The molecule has 3 aromatic heterocycles. The molecule has 0 saturated heterocycles. The van der Waals surface area contributed by atoms with Gasteiger partial charge in [0.05, 0.1) is 30.5 Å². The van der Waals surface area contributed by atoms with Crippen LogP contribution in [0.25, 0.3) is 83.6 Å². The first-order valence-corrected chi connectivity index (χ1v) is 25.9. The SMILES string of the molecule is C[Si](C)(C)c1cnc(-c2[c-]cccc2)cc1CC1CCCCC1.[Ir].[c-]1ccc2c(oc3ccccc32)c1-c1nc2ccccc2n1-c1ccc(-c2ccccc2)cc1-c1ccccc1. The third-order valence-corrected chi connectivity index (χ3v) is 14.6. The third kappa shape index (κ3) is 8.83. The van der Waals surface area contributed by atoms with Crippen molar-refractivity contribution in [1.82, 2.24) is 14.5 Å². The molecule has 64 heavy (non-hydrogen) atoms. The van der Waals surface area contributed by atoms with E-state index in [0.29, 0.717) is 0 Å². The second kappa shape index (κ2) is 18.9. The van der Waals surface area contributed by atoms with E-state index in [4.69, 9.17) is 14.4 Å². The van der Waals surface area contributed by atoms with Crippen molar-refractivity contribution in [3.63, 3.8) is 0 Å². The molecule has 6 heteroatoms. The van der Waals surface area contributed by atoms with Gasteiger partial charge < -0.3 is 14.0 Å². The van der Waals surface area contributed by atoms with Crippen LogP contribution >= 0.6 is 0 Å². The number of hydrogen-bond donors (Lipinski definition) is 0. The van der Waals surface area contributed by atoms with Gasteiger partial charge >= 0.3 is 0 Å². The standard InChI is InChI=1S/C37H23N2O.C21H28NSi.Ir/c1-3-12-25(13-4-1)27-22-23-33(31(24-27)26-14-5-2-6-15-26)39-34-20-9-8-19-32(34)38-37(39)30-18-11-17-29-28-16-7-10-21-35(28)40-36(29)30;1-23(2,3)21-16-22-20(18-12-8-5-9-13-18)15-19(21)14-17-10-6-4-7-11-17;/h1-17,19-24H;5,8-9,12,15-17H,4,6-7,10-11,14H2,1-3H3;/q2*-1;. The van der Waals surface area contributed by atoms with Crippen LogP contribution < -0.4 is 5.19 Å². The summed E-state index contributed by atoms with van der Waals surface area (Å²) in [6.45, 7) is 7.30. The average molecular weight is 1030 g/mol. The first-order chi connectivity index (χ1) is 30.9. The van der Waals surface area contributed by atoms with Gasteiger partial charge in [-0.25, -0.2) is 0 Å². The molecule has 1 aliphatic rings. The second-order valence-electron chi connectivity index (χ2n) is 17.9. The molecular formula is C58H51IrN3OSi-2.